The molecule has 2 saturated heterocycles. The quantitative estimate of drug-likeness (QED) is 0.883. The van der Waals surface area contributed by atoms with Crippen molar-refractivity contribution in [2.75, 3.05) is 32.7 Å². The summed E-state index contributed by atoms with van der Waals surface area (Å²) in [5, 5.41) is 3.31. The van der Waals surface area contributed by atoms with Crippen LogP contribution >= 0.6 is 0 Å². The van der Waals surface area contributed by atoms with Crippen LogP contribution in [0.3, 0.4) is 0 Å². The number of rotatable bonds is 3. The van der Waals surface area contributed by atoms with Crippen LogP contribution in [-0.2, 0) is 10.0 Å². The van der Waals surface area contributed by atoms with E-state index >= 15 is 0 Å². The predicted octanol–water partition coefficient (Wildman–Crippen LogP) is 1.60. The normalized spacial score (nSPS) is 22.8. The lowest BCUT2D eigenvalue weighted by Gasteiger charge is -2.32. The van der Waals surface area contributed by atoms with Crippen LogP contribution in [0.2, 0.25) is 0 Å². The average molecular weight is 365 g/mol. The highest BCUT2D eigenvalue weighted by atomic mass is 32.2. The molecule has 2 heterocycles. The largest absolute Gasteiger partial charge is 0.336 e. The van der Waals surface area contributed by atoms with Gasteiger partial charge >= 0.3 is 0 Å². The highest BCUT2D eigenvalue weighted by Gasteiger charge is 2.29. The fourth-order valence-corrected chi connectivity index (χ4v) is 5.32. The Labute approximate surface area is 150 Å². The van der Waals surface area contributed by atoms with E-state index in [2.05, 4.69) is 5.32 Å². The van der Waals surface area contributed by atoms with Crippen molar-refractivity contribution < 1.29 is 13.2 Å². The van der Waals surface area contributed by atoms with Crippen LogP contribution in [0.25, 0.3) is 0 Å². The number of nitrogens with one attached hydrogen (secondary N) is 1. The molecule has 6 nitrogen and oxygen atoms in total. The monoisotopic (exact) mass is 365 g/mol. The number of amides is 1. The van der Waals surface area contributed by atoms with Crippen LogP contribution in [0.4, 0.5) is 0 Å². The zero-order chi connectivity index (χ0) is 18.0. The smallest absolute Gasteiger partial charge is 0.253 e. The molecule has 25 heavy (non-hydrogen) atoms. The summed E-state index contributed by atoms with van der Waals surface area (Å²) in [5.41, 5.74) is 1.14. The SMILES string of the molecule is Cc1ccc(C(=O)N2CCNC(C)C2)cc1S(=O)(=O)N1CCCCC1. The maximum Gasteiger partial charge on any atom is 0.253 e. The Hall–Kier alpha value is -1.44. The zero-order valence-electron chi connectivity index (χ0n) is 15.0. The van der Waals surface area contributed by atoms with E-state index in [0.717, 1.165) is 25.8 Å². The molecule has 7 heteroatoms. The minimum absolute atomic E-state index is 0.0940. The molecule has 2 fully saturated rings. The van der Waals surface area contributed by atoms with Crippen LogP contribution in [-0.4, -0.2) is 62.3 Å². The maximum atomic E-state index is 13.0. The summed E-state index contributed by atoms with van der Waals surface area (Å²) >= 11 is 0. The van der Waals surface area contributed by atoms with Crippen LogP contribution in [0.15, 0.2) is 23.1 Å². The van der Waals surface area contributed by atoms with E-state index in [4.69, 9.17) is 0 Å². The summed E-state index contributed by atoms with van der Waals surface area (Å²) in [7, 11) is -3.54. The first kappa shape index (κ1) is 18.4. The summed E-state index contributed by atoms with van der Waals surface area (Å²) in [5.74, 6) is -0.0940. The Morgan fingerprint density at radius 3 is 2.56 bits per heavy atom. The van der Waals surface area contributed by atoms with Crippen molar-refractivity contribution in [2.24, 2.45) is 0 Å². The number of hydrogen-bond acceptors (Lipinski definition) is 4. The Morgan fingerprint density at radius 1 is 1.16 bits per heavy atom. The molecule has 0 aromatic heterocycles. The molecule has 2 aliphatic rings. The Bertz CT molecular complexity index is 742. The van der Waals surface area contributed by atoms with E-state index in [9.17, 15) is 13.2 Å². The second-order valence-electron chi connectivity index (χ2n) is 7.05. The molecule has 1 atom stereocenters. The van der Waals surface area contributed by atoms with Crippen molar-refractivity contribution in [1.82, 2.24) is 14.5 Å². The third kappa shape index (κ3) is 3.88. The molecule has 0 radical (unpaired) electrons. The Morgan fingerprint density at radius 2 is 1.88 bits per heavy atom. The van der Waals surface area contributed by atoms with Gasteiger partial charge in [-0.05, 0) is 44.4 Å². The number of benzene rings is 1. The number of carbonyl (C=O) groups is 1. The van der Waals surface area contributed by atoms with Crippen molar-refractivity contribution in [3.63, 3.8) is 0 Å². The van der Waals surface area contributed by atoms with Gasteiger partial charge in [0, 0.05) is 44.3 Å². The molecule has 3 rings (SSSR count). The molecule has 1 unspecified atom stereocenters. The van der Waals surface area contributed by atoms with Gasteiger partial charge in [0.15, 0.2) is 0 Å². The van der Waals surface area contributed by atoms with Crippen LogP contribution in [0.5, 0.6) is 0 Å². The van der Waals surface area contributed by atoms with E-state index in [1.165, 1.54) is 0 Å². The minimum atomic E-state index is -3.54. The summed E-state index contributed by atoms with van der Waals surface area (Å²) in [6, 6.07) is 5.29. The van der Waals surface area contributed by atoms with Gasteiger partial charge in [-0.2, -0.15) is 4.31 Å². The average Bonchev–Trinajstić information content (AvgIpc) is 2.62. The van der Waals surface area contributed by atoms with E-state index in [-0.39, 0.29) is 16.8 Å². The Kier molecular flexibility index (Phi) is 5.46. The predicted molar refractivity (Wildman–Crippen MR) is 97.2 cm³/mol. The van der Waals surface area contributed by atoms with Gasteiger partial charge in [-0.1, -0.05) is 12.5 Å². The van der Waals surface area contributed by atoms with E-state index < -0.39 is 10.0 Å². The first-order chi connectivity index (χ1) is 11.9. The standard InChI is InChI=1S/C18H27N3O3S/c1-14-6-7-16(18(22)20-11-8-19-15(2)13-20)12-17(14)25(23,24)21-9-4-3-5-10-21/h6-7,12,15,19H,3-5,8-11,13H2,1-2H3. The van der Waals surface area contributed by atoms with Crippen LogP contribution in [0.1, 0.15) is 42.1 Å². The second kappa shape index (κ2) is 7.43. The molecule has 1 N–H and O–H groups in total. The number of carbonyl (C=O) groups excluding carboxylic acids is 1. The fourth-order valence-electron chi connectivity index (χ4n) is 3.55. The molecule has 0 aliphatic carbocycles. The molecular formula is C18H27N3O3S. The summed E-state index contributed by atoms with van der Waals surface area (Å²) in [6.07, 6.45) is 2.87. The summed E-state index contributed by atoms with van der Waals surface area (Å²) in [6.45, 7) is 7.01. The summed E-state index contributed by atoms with van der Waals surface area (Å²) < 4.78 is 27.6. The van der Waals surface area contributed by atoms with Crippen LogP contribution in [0, 0.1) is 6.92 Å². The molecule has 2 aliphatic heterocycles. The van der Waals surface area contributed by atoms with Crippen molar-refractivity contribution in [1.29, 1.82) is 0 Å². The number of piperazine rings is 1. The van der Waals surface area contributed by atoms with Crippen molar-refractivity contribution in [2.45, 2.75) is 44.0 Å². The highest BCUT2D eigenvalue weighted by Crippen LogP contribution is 2.25. The third-order valence-electron chi connectivity index (χ3n) is 5.02. The van der Waals surface area contributed by atoms with Gasteiger partial charge in [0.2, 0.25) is 10.0 Å². The lowest BCUT2D eigenvalue weighted by Crippen LogP contribution is -2.51. The van der Waals surface area contributed by atoms with Gasteiger partial charge in [-0.25, -0.2) is 8.42 Å². The number of aryl methyl sites for hydroxylation is 1. The molecule has 1 aromatic carbocycles. The van der Waals surface area contributed by atoms with Crippen molar-refractivity contribution in [3.8, 4) is 0 Å². The first-order valence-corrected chi connectivity index (χ1v) is 10.5. The van der Waals surface area contributed by atoms with E-state index in [1.54, 1.807) is 34.3 Å². The van der Waals surface area contributed by atoms with Crippen LogP contribution < -0.4 is 5.32 Å². The van der Waals surface area contributed by atoms with Crippen molar-refractivity contribution >= 4 is 15.9 Å². The number of piperidine rings is 1. The van der Waals surface area contributed by atoms with Gasteiger partial charge in [0.1, 0.15) is 0 Å². The minimum Gasteiger partial charge on any atom is -0.336 e. The summed E-state index contributed by atoms with van der Waals surface area (Å²) in [4.78, 5) is 14.9. The molecule has 0 bridgehead atoms. The lowest BCUT2D eigenvalue weighted by atomic mass is 10.1. The molecule has 1 aromatic rings. The van der Waals surface area contributed by atoms with Crippen molar-refractivity contribution in [3.05, 3.63) is 29.3 Å². The topological polar surface area (TPSA) is 69.7 Å². The molecule has 0 spiro atoms. The highest BCUT2D eigenvalue weighted by molar-refractivity contribution is 7.89. The fraction of sp³-hybridized carbons (Fsp3) is 0.611. The second-order valence-corrected chi connectivity index (χ2v) is 8.96. The lowest BCUT2D eigenvalue weighted by molar-refractivity contribution is 0.0709. The van der Waals surface area contributed by atoms with E-state index in [0.29, 0.717) is 37.3 Å². The maximum absolute atomic E-state index is 13.0. The van der Waals surface area contributed by atoms with Gasteiger partial charge in [-0.3, -0.25) is 4.79 Å². The van der Waals surface area contributed by atoms with Gasteiger partial charge in [0.05, 0.1) is 4.90 Å². The van der Waals surface area contributed by atoms with E-state index in [1.807, 2.05) is 6.92 Å². The number of hydrogen-bond donors (Lipinski definition) is 1. The number of sulfonamides is 1. The van der Waals surface area contributed by atoms with Gasteiger partial charge < -0.3 is 10.2 Å². The number of nitrogens with zero attached hydrogens (tertiary/aromatic N) is 2. The Balaban J connectivity index is 1.88. The molecule has 0 saturated carbocycles. The first-order valence-electron chi connectivity index (χ1n) is 9.03. The molecule has 1 amide bonds. The molecule has 138 valence electrons. The zero-order valence-corrected chi connectivity index (χ0v) is 15.8. The molecular weight excluding hydrogens is 338 g/mol. The third-order valence-corrected chi connectivity index (χ3v) is 7.06. The van der Waals surface area contributed by atoms with Gasteiger partial charge in [-0.15, -0.1) is 0 Å². The van der Waals surface area contributed by atoms with Gasteiger partial charge in [0.25, 0.3) is 5.91 Å².